The van der Waals surface area contributed by atoms with E-state index in [4.69, 9.17) is 10.5 Å². The van der Waals surface area contributed by atoms with Crippen molar-refractivity contribution >= 4 is 0 Å². The number of H-pyrrole nitrogens is 1. The van der Waals surface area contributed by atoms with Crippen LogP contribution in [0.2, 0.25) is 0 Å². The maximum atomic E-state index is 5.82. The summed E-state index contributed by atoms with van der Waals surface area (Å²) in [5.74, 6) is 1.69. The molecule has 96 valence electrons. The molecule has 0 fully saturated rings. The van der Waals surface area contributed by atoms with Crippen LogP contribution in [0.4, 0.5) is 0 Å². The second-order valence-corrected chi connectivity index (χ2v) is 4.34. The van der Waals surface area contributed by atoms with Crippen molar-refractivity contribution in [1.82, 2.24) is 9.97 Å². The summed E-state index contributed by atoms with van der Waals surface area (Å²) < 4.78 is 5.42. The molecule has 0 aliphatic heterocycles. The first-order valence-corrected chi connectivity index (χ1v) is 6.17. The maximum Gasteiger partial charge on any atom is 0.123 e. The van der Waals surface area contributed by atoms with Gasteiger partial charge in [0, 0.05) is 11.3 Å². The highest BCUT2D eigenvalue weighted by atomic mass is 16.5. The van der Waals surface area contributed by atoms with Crippen LogP contribution in [0, 0.1) is 6.92 Å². The summed E-state index contributed by atoms with van der Waals surface area (Å²) in [7, 11) is 0. The lowest BCUT2D eigenvalue weighted by atomic mass is 10.1. The van der Waals surface area contributed by atoms with Crippen molar-refractivity contribution in [2.24, 2.45) is 5.73 Å². The van der Waals surface area contributed by atoms with Gasteiger partial charge in [0.05, 0.1) is 18.3 Å². The highest BCUT2D eigenvalue weighted by molar-refractivity contribution is 5.62. The molecule has 0 amide bonds. The number of aryl methyl sites for hydroxylation is 1. The second-order valence-electron chi connectivity index (χ2n) is 4.34. The fourth-order valence-electron chi connectivity index (χ4n) is 1.86. The normalized spacial score (nSPS) is 12.4. The number of hydrogen-bond donors (Lipinski definition) is 2. The number of nitrogens with two attached hydrogens (primary N) is 1. The first kappa shape index (κ1) is 12.6. The number of nitrogens with zero attached hydrogens (tertiary/aromatic N) is 1. The maximum absolute atomic E-state index is 5.82. The van der Waals surface area contributed by atoms with E-state index in [1.165, 1.54) is 0 Å². The number of aromatic nitrogens is 2. The Morgan fingerprint density at radius 3 is 2.50 bits per heavy atom. The van der Waals surface area contributed by atoms with Crippen molar-refractivity contribution in [3.05, 3.63) is 35.8 Å². The molecule has 0 radical (unpaired) electrons. The number of aromatic amines is 1. The summed E-state index contributed by atoms with van der Waals surface area (Å²) in [6, 6.07) is 7.86. The number of nitrogens with one attached hydrogen (secondary N) is 1. The van der Waals surface area contributed by atoms with Gasteiger partial charge < -0.3 is 15.5 Å². The molecule has 1 atom stereocenters. The third kappa shape index (κ3) is 2.54. The molecular weight excluding hydrogens is 226 g/mol. The average molecular weight is 245 g/mol. The Kier molecular flexibility index (Phi) is 3.67. The molecule has 1 aromatic heterocycles. The van der Waals surface area contributed by atoms with Crippen LogP contribution in [0.25, 0.3) is 11.3 Å². The number of benzene rings is 1. The minimum Gasteiger partial charge on any atom is -0.494 e. The van der Waals surface area contributed by atoms with Crippen LogP contribution in [0.5, 0.6) is 5.75 Å². The van der Waals surface area contributed by atoms with E-state index >= 15 is 0 Å². The van der Waals surface area contributed by atoms with Gasteiger partial charge in [-0.2, -0.15) is 0 Å². The van der Waals surface area contributed by atoms with Gasteiger partial charge in [-0.25, -0.2) is 4.98 Å². The van der Waals surface area contributed by atoms with Crippen LogP contribution in [0.15, 0.2) is 24.3 Å². The lowest BCUT2D eigenvalue weighted by Gasteiger charge is -2.04. The molecule has 18 heavy (non-hydrogen) atoms. The van der Waals surface area contributed by atoms with Gasteiger partial charge in [-0.3, -0.25) is 0 Å². The van der Waals surface area contributed by atoms with E-state index in [1.54, 1.807) is 0 Å². The summed E-state index contributed by atoms with van der Waals surface area (Å²) in [5, 5.41) is 0. The number of imidazole rings is 1. The van der Waals surface area contributed by atoms with E-state index in [9.17, 15) is 0 Å². The van der Waals surface area contributed by atoms with Crippen molar-refractivity contribution in [3.8, 4) is 17.0 Å². The molecule has 0 bridgehead atoms. The van der Waals surface area contributed by atoms with Crippen LogP contribution in [-0.4, -0.2) is 16.6 Å². The van der Waals surface area contributed by atoms with E-state index in [-0.39, 0.29) is 6.04 Å². The van der Waals surface area contributed by atoms with E-state index in [2.05, 4.69) is 9.97 Å². The van der Waals surface area contributed by atoms with Gasteiger partial charge in [0.2, 0.25) is 0 Å². The van der Waals surface area contributed by atoms with Gasteiger partial charge in [-0.15, -0.1) is 0 Å². The fourth-order valence-corrected chi connectivity index (χ4v) is 1.86. The predicted molar refractivity (Wildman–Crippen MR) is 72.5 cm³/mol. The Morgan fingerprint density at radius 2 is 2.00 bits per heavy atom. The third-order valence-corrected chi connectivity index (χ3v) is 2.77. The van der Waals surface area contributed by atoms with E-state index in [1.807, 2.05) is 45.0 Å². The van der Waals surface area contributed by atoms with Crippen molar-refractivity contribution in [2.75, 3.05) is 6.61 Å². The van der Waals surface area contributed by atoms with E-state index in [0.717, 1.165) is 28.5 Å². The monoisotopic (exact) mass is 245 g/mol. The molecule has 0 saturated carbocycles. The Hall–Kier alpha value is -1.81. The van der Waals surface area contributed by atoms with Crippen molar-refractivity contribution < 1.29 is 4.74 Å². The minimum absolute atomic E-state index is 0.0832. The smallest absolute Gasteiger partial charge is 0.123 e. The zero-order valence-corrected chi connectivity index (χ0v) is 11.0. The van der Waals surface area contributed by atoms with Gasteiger partial charge in [-0.05, 0) is 45.0 Å². The molecule has 1 heterocycles. The van der Waals surface area contributed by atoms with E-state index in [0.29, 0.717) is 6.61 Å². The van der Waals surface area contributed by atoms with Crippen molar-refractivity contribution in [2.45, 2.75) is 26.8 Å². The van der Waals surface area contributed by atoms with Crippen LogP contribution in [0.1, 0.15) is 31.4 Å². The Labute approximate surface area is 107 Å². The van der Waals surface area contributed by atoms with Gasteiger partial charge in [-0.1, -0.05) is 0 Å². The Bertz CT molecular complexity index is 514. The van der Waals surface area contributed by atoms with Crippen LogP contribution in [0.3, 0.4) is 0 Å². The fraction of sp³-hybridized carbons (Fsp3) is 0.357. The quantitative estimate of drug-likeness (QED) is 0.870. The number of rotatable bonds is 4. The summed E-state index contributed by atoms with van der Waals surface area (Å²) in [5.41, 5.74) is 8.88. The first-order valence-electron chi connectivity index (χ1n) is 6.17. The van der Waals surface area contributed by atoms with Gasteiger partial charge in [0.15, 0.2) is 0 Å². The molecular formula is C14H19N3O. The topological polar surface area (TPSA) is 63.9 Å². The molecule has 0 spiro atoms. The number of ether oxygens (including phenoxy) is 1. The molecule has 3 N–H and O–H groups in total. The number of hydrogen-bond acceptors (Lipinski definition) is 3. The Morgan fingerprint density at radius 1 is 1.33 bits per heavy atom. The molecule has 0 saturated heterocycles. The molecule has 0 aliphatic carbocycles. The molecule has 1 aromatic carbocycles. The summed E-state index contributed by atoms with van der Waals surface area (Å²) in [6.07, 6.45) is 0. The highest BCUT2D eigenvalue weighted by Gasteiger charge is 2.11. The van der Waals surface area contributed by atoms with Crippen LogP contribution < -0.4 is 10.5 Å². The molecule has 4 nitrogen and oxygen atoms in total. The molecule has 0 aliphatic rings. The standard InChI is InChI=1S/C14H19N3O/c1-4-18-12-7-5-11(6-8-12)13-10(3)16-14(17-13)9(2)15/h5-9H,4,15H2,1-3H3,(H,16,17). The lowest BCUT2D eigenvalue weighted by Crippen LogP contribution is -2.06. The average Bonchev–Trinajstić information content (AvgIpc) is 2.73. The minimum atomic E-state index is -0.0832. The van der Waals surface area contributed by atoms with Crippen molar-refractivity contribution in [1.29, 1.82) is 0 Å². The second kappa shape index (κ2) is 5.23. The lowest BCUT2D eigenvalue weighted by molar-refractivity contribution is 0.340. The molecule has 2 rings (SSSR count). The zero-order valence-electron chi connectivity index (χ0n) is 11.0. The largest absolute Gasteiger partial charge is 0.494 e. The summed E-state index contributed by atoms with van der Waals surface area (Å²) >= 11 is 0. The Balaban J connectivity index is 2.30. The third-order valence-electron chi connectivity index (χ3n) is 2.77. The van der Waals surface area contributed by atoms with Crippen LogP contribution >= 0.6 is 0 Å². The van der Waals surface area contributed by atoms with Gasteiger partial charge in [0.1, 0.15) is 11.6 Å². The highest BCUT2D eigenvalue weighted by Crippen LogP contribution is 2.24. The van der Waals surface area contributed by atoms with E-state index < -0.39 is 0 Å². The molecule has 2 aromatic rings. The first-order chi connectivity index (χ1) is 8.61. The summed E-state index contributed by atoms with van der Waals surface area (Å²) in [6.45, 7) is 6.57. The van der Waals surface area contributed by atoms with Gasteiger partial charge in [0.25, 0.3) is 0 Å². The summed E-state index contributed by atoms with van der Waals surface area (Å²) in [4.78, 5) is 7.75. The zero-order chi connectivity index (χ0) is 13.1. The molecule has 1 unspecified atom stereocenters. The van der Waals surface area contributed by atoms with Crippen LogP contribution in [-0.2, 0) is 0 Å². The van der Waals surface area contributed by atoms with Crippen molar-refractivity contribution in [3.63, 3.8) is 0 Å². The van der Waals surface area contributed by atoms with Gasteiger partial charge >= 0.3 is 0 Å². The SMILES string of the molecule is CCOc1ccc(-c2nc(C(C)N)[nH]c2C)cc1. The molecule has 4 heteroatoms. The predicted octanol–water partition coefficient (Wildman–Crippen LogP) is 2.80.